The lowest BCUT2D eigenvalue weighted by molar-refractivity contribution is -0.106. The van der Waals surface area contributed by atoms with E-state index in [4.69, 9.17) is 15.2 Å². The zero-order valence-corrected chi connectivity index (χ0v) is 14.1. The lowest BCUT2D eigenvalue weighted by atomic mass is 9.75. The molecule has 0 spiro atoms. The van der Waals surface area contributed by atoms with Gasteiger partial charge in [-0.1, -0.05) is 48.5 Å². The number of nitrogens with two attached hydrogens (primary N) is 1. The molecular weight excluding hydrogens is 321 g/mol. The van der Waals surface area contributed by atoms with Gasteiger partial charge in [0.05, 0.1) is 31.5 Å². The lowest BCUT2D eigenvalue weighted by Gasteiger charge is -2.43. The Kier molecular flexibility index (Phi) is 5.81. The zero-order valence-electron chi connectivity index (χ0n) is 14.1. The molecule has 1 aliphatic rings. The van der Waals surface area contributed by atoms with Crippen LogP contribution >= 0.6 is 0 Å². The molecule has 0 aromatic heterocycles. The highest BCUT2D eigenvalue weighted by atomic mass is 19.1. The van der Waals surface area contributed by atoms with E-state index in [1.807, 2.05) is 30.3 Å². The lowest BCUT2D eigenvalue weighted by Crippen LogP contribution is -2.55. The summed E-state index contributed by atoms with van der Waals surface area (Å²) >= 11 is 0. The second-order valence-electron chi connectivity index (χ2n) is 6.57. The van der Waals surface area contributed by atoms with E-state index in [1.165, 1.54) is 6.07 Å². The van der Waals surface area contributed by atoms with Gasteiger partial charge in [-0.2, -0.15) is 0 Å². The van der Waals surface area contributed by atoms with Crippen LogP contribution in [-0.4, -0.2) is 31.0 Å². The second-order valence-corrected chi connectivity index (χ2v) is 6.57. The molecule has 1 fully saturated rings. The van der Waals surface area contributed by atoms with E-state index in [2.05, 4.69) is 0 Å². The van der Waals surface area contributed by atoms with Gasteiger partial charge in [0.2, 0.25) is 0 Å². The summed E-state index contributed by atoms with van der Waals surface area (Å²) in [6.45, 7) is 0.951. The summed E-state index contributed by atoms with van der Waals surface area (Å²) in [4.78, 5) is 0. The molecule has 0 radical (unpaired) electrons. The minimum atomic E-state index is -1.03. The molecule has 2 aromatic rings. The first-order valence-electron chi connectivity index (χ1n) is 8.51. The van der Waals surface area contributed by atoms with Gasteiger partial charge < -0.3 is 20.3 Å². The van der Waals surface area contributed by atoms with Gasteiger partial charge in [-0.15, -0.1) is 0 Å². The van der Waals surface area contributed by atoms with Crippen LogP contribution in [-0.2, 0) is 21.6 Å². The maximum absolute atomic E-state index is 14.2. The third-order valence-corrected chi connectivity index (χ3v) is 4.84. The van der Waals surface area contributed by atoms with E-state index < -0.39 is 5.54 Å². The van der Waals surface area contributed by atoms with Crippen molar-refractivity contribution in [2.75, 3.05) is 19.8 Å². The van der Waals surface area contributed by atoms with Crippen LogP contribution in [0.2, 0.25) is 0 Å². The van der Waals surface area contributed by atoms with Crippen molar-refractivity contribution >= 4 is 0 Å². The summed E-state index contributed by atoms with van der Waals surface area (Å²) in [5.74, 6) is -0.658. The number of hydrogen-bond acceptors (Lipinski definition) is 4. The van der Waals surface area contributed by atoms with Crippen LogP contribution in [0.5, 0.6) is 0 Å². The normalized spacial score (nSPS) is 26.5. The van der Waals surface area contributed by atoms with Crippen LogP contribution in [0.15, 0.2) is 54.6 Å². The average Bonchev–Trinajstić information content (AvgIpc) is 2.64. The number of aliphatic hydroxyl groups excluding tert-OH is 1. The third-order valence-electron chi connectivity index (χ3n) is 4.84. The van der Waals surface area contributed by atoms with Gasteiger partial charge in [-0.05, 0) is 18.1 Å². The first-order chi connectivity index (χ1) is 12.1. The van der Waals surface area contributed by atoms with Crippen molar-refractivity contribution in [1.82, 2.24) is 0 Å². The van der Waals surface area contributed by atoms with Gasteiger partial charge in [0.1, 0.15) is 5.82 Å². The molecule has 1 aliphatic heterocycles. The summed E-state index contributed by atoms with van der Waals surface area (Å²) < 4.78 is 25.7. The predicted octanol–water partition coefficient (Wildman–Crippen LogP) is 2.59. The molecule has 0 saturated carbocycles. The van der Waals surface area contributed by atoms with Gasteiger partial charge in [-0.25, -0.2) is 4.39 Å². The molecule has 4 nitrogen and oxygen atoms in total. The van der Waals surface area contributed by atoms with Gasteiger partial charge in [0, 0.05) is 18.1 Å². The Labute approximate surface area is 147 Å². The number of aliphatic hydroxyl groups is 1. The Balaban J connectivity index is 1.61. The van der Waals surface area contributed by atoms with Crippen LogP contribution < -0.4 is 5.73 Å². The molecule has 0 aliphatic carbocycles. The first kappa shape index (κ1) is 18.0. The van der Waals surface area contributed by atoms with Crippen LogP contribution in [0.1, 0.15) is 17.5 Å². The fraction of sp³-hybridized carbons (Fsp3) is 0.400. The monoisotopic (exact) mass is 345 g/mol. The largest absolute Gasteiger partial charge is 0.396 e. The van der Waals surface area contributed by atoms with E-state index >= 15 is 0 Å². The first-order valence-corrected chi connectivity index (χ1v) is 8.51. The maximum atomic E-state index is 14.2. The maximum Gasteiger partial charge on any atom is 0.128 e. The molecule has 3 N–H and O–H groups in total. The van der Waals surface area contributed by atoms with Crippen molar-refractivity contribution in [3.63, 3.8) is 0 Å². The van der Waals surface area contributed by atoms with Crippen LogP contribution in [0.3, 0.4) is 0 Å². The zero-order chi connectivity index (χ0) is 17.7. The van der Waals surface area contributed by atoms with Crippen molar-refractivity contribution in [3.8, 4) is 0 Å². The van der Waals surface area contributed by atoms with E-state index in [0.29, 0.717) is 25.2 Å². The van der Waals surface area contributed by atoms with Gasteiger partial charge in [-0.3, -0.25) is 0 Å². The van der Waals surface area contributed by atoms with E-state index in [9.17, 15) is 9.50 Å². The topological polar surface area (TPSA) is 64.7 Å². The molecule has 25 heavy (non-hydrogen) atoms. The SMILES string of the molecule is NC1(c2ccccc2F)COC(COCc2ccccc2)CC1CO. The molecule has 134 valence electrons. The summed E-state index contributed by atoms with van der Waals surface area (Å²) in [6, 6.07) is 16.3. The summed E-state index contributed by atoms with van der Waals surface area (Å²) in [7, 11) is 0. The van der Waals surface area contributed by atoms with Crippen molar-refractivity contribution in [1.29, 1.82) is 0 Å². The smallest absolute Gasteiger partial charge is 0.128 e. The number of rotatable bonds is 6. The predicted molar refractivity (Wildman–Crippen MR) is 93.3 cm³/mol. The van der Waals surface area contributed by atoms with Crippen molar-refractivity contribution < 1.29 is 19.0 Å². The van der Waals surface area contributed by atoms with Crippen molar-refractivity contribution in [3.05, 3.63) is 71.5 Å². The molecule has 0 bridgehead atoms. The van der Waals surface area contributed by atoms with Crippen LogP contribution in [0.25, 0.3) is 0 Å². The number of benzene rings is 2. The fourth-order valence-electron chi connectivity index (χ4n) is 3.34. The van der Waals surface area contributed by atoms with E-state index in [1.54, 1.807) is 18.2 Å². The minimum absolute atomic E-state index is 0.122. The minimum Gasteiger partial charge on any atom is -0.396 e. The highest BCUT2D eigenvalue weighted by Crippen LogP contribution is 2.36. The quantitative estimate of drug-likeness (QED) is 0.845. The Morgan fingerprint density at radius 3 is 2.60 bits per heavy atom. The van der Waals surface area contributed by atoms with E-state index in [-0.39, 0.29) is 31.1 Å². The Morgan fingerprint density at radius 1 is 1.16 bits per heavy atom. The van der Waals surface area contributed by atoms with Crippen LogP contribution in [0.4, 0.5) is 4.39 Å². The highest BCUT2D eigenvalue weighted by molar-refractivity contribution is 5.28. The second kappa shape index (κ2) is 8.06. The van der Waals surface area contributed by atoms with Crippen molar-refractivity contribution in [2.24, 2.45) is 11.7 Å². The Hall–Kier alpha value is -1.79. The average molecular weight is 345 g/mol. The molecule has 2 aromatic carbocycles. The number of ether oxygens (including phenoxy) is 2. The van der Waals surface area contributed by atoms with Gasteiger partial charge in [0.25, 0.3) is 0 Å². The van der Waals surface area contributed by atoms with Crippen molar-refractivity contribution in [2.45, 2.75) is 24.7 Å². The molecule has 3 atom stereocenters. The number of hydrogen-bond donors (Lipinski definition) is 2. The molecule has 3 unspecified atom stereocenters. The Bertz CT molecular complexity index is 682. The fourth-order valence-corrected chi connectivity index (χ4v) is 3.34. The third kappa shape index (κ3) is 4.07. The van der Waals surface area contributed by atoms with Gasteiger partial charge in [0.15, 0.2) is 0 Å². The molecular formula is C20H24FNO3. The van der Waals surface area contributed by atoms with Crippen LogP contribution in [0, 0.1) is 11.7 Å². The number of halogens is 1. The van der Waals surface area contributed by atoms with E-state index in [0.717, 1.165) is 5.56 Å². The van der Waals surface area contributed by atoms with Gasteiger partial charge >= 0.3 is 0 Å². The molecule has 1 saturated heterocycles. The molecule has 1 heterocycles. The standard InChI is InChI=1S/C20H24FNO3/c21-19-9-5-4-8-18(19)20(22)14-25-17(10-16(20)11-23)13-24-12-15-6-2-1-3-7-15/h1-9,16-17,23H,10-14,22H2. The highest BCUT2D eigenvalue weighted by Gasteiger charge is 2.43. The summed E-state index contributed by atoms with van der Waals surface area (Å²) in [5, 5.41) is 9.80. The molecule has 5 heteroatoms. The summed E-state index contributed by atoms with van der Waals surface area (Å²) in [6.07, 6.45) is 0.361. The Morgan fingerprint density at radius 2 is 1.88 bits per heavy atom. The molecule has 0 amide bonds. The molecule has 3 rings (SSSR count). The summed E-state index contributed by atoms with van der Waals surface area (Å²) in [5.41, 5.74) is 6.90.